The van der Waals surface area contributed by atoms with Crippen LogP contribution in [0.1, 0.15) is 5.56 Å². The molecule has 27 heavy (non-hydrogen) atoms. The third-order valence-corrected chi connectivity index (χ3v) is 8.37. The minimum atomic E-state index is -1.33. The van der Waals surface area contributed by atoms with Crippen molar-refractivity contribution < 1.29 is 4.55 Å². The fourth-order valence-electron chi connectivity index (χ4n) is 2.69. The molecule has 0 aliphatic carbocycles. The van der Waals surface area contributed by atoms with Crippen LogP contribution in [-0.2, 0) is 25.0 Å². The summed E-state index contributed by atoms with van der Waals surface area (Å²) in [6, 6.07) is 16.1. The van der Waals surface area contributed by atoms with Gasteiger partial charge in [-0.25, -0.2) is 4.98 Å². The van der Waals surface area contributed by atoms with Crippen molar-refractivity contribution in [1.82, 2.24) is 14.3 Å². The van der Waals surface area contributed by atoms with Crippen LogP contribution in [0.4, 0.5) is 0 Å². The quantitative estimate of drug-likeness (QED) is 0.422. The van der Waals surface area contributed by atoms with E-state index in [1.54, 1.807) is 12.3 Å². The molecule has 0 amide bonds. The van der Waals surface area contributed by atoms with Gasteiger partial charge in [-0.05, 0) is 28.1 Å². The van der Waals surface area contributed by atoms with Crippen molar-refractivity contribution in [2.24, 2.45) is 7.05 Å². The van der Waals surface area contributed by atoms with E-state index >= 15 is 0 Å². The molecule has 2 heterocycles. The monoisotopic (exact) mass is 433 g/mol. The summed E-state index contributed by atoms with van der Waals surface area (Å²) in [4.78, 5) is 4.29. The van der Waals surface area contributed by atoms with E-state index in [2.05, 4.69) is 34.0 Å². The highest BCUT2D eigenvalue weighted by atomic mass is 35.5. The van der Waals surface area contributed by atoms with Gasteiger partial charge in [0.2, 0.25) is 4.21 Å². The van der Waals surface area contributed by atoms with E-state index in [1.807, 2.05) is 36.0 Å². The lowest BCUT2D eigenvalue weighted by Crippen LogP contribution is -2.22. The Morgan fingerprint density at radius 2 is 2.07 bits per heavy atom. The van der Waals surface area contributed by atoms with Gasteiger partial charge in [-0.2, -0.15) is 0 Å². The lowest BCUT2D eigenvalue weighted by Gasteiger charge is -2.10. The van der Waals surface area contributed by atoms with E-state index in [-0.39, 0.29) is 0 Å². The molecule has 0 aliphatic heterocycles. The minimum absolute atomic E-state index is 0.519. The smallest absolute Gasteiger partial charge is 0.230 e. The van der Waals surface area contributed by atoms with Crippen LogP contribution in [0.15, 0.2) is 74.5 Å². The third kappa shape index (κ3) is 4.18. The number of imidazole rings is 1. The van der Waals surface area contributed by atoms with E-state index in [9.17, 15) is 4.55 Å². The van der Waals surface area contributed by atoms with Crippen LogP contribution in [0.25, 0.3) is 10.8 Å². The first-order valence-corrected chi connectivity index (χ1v) is 11.3. The predicted octanol–water partition coefficient (Wildman–Crippen LogP) is 5.25. The van der Waals surface area contributed by atoms with Crippen LogP contribution < -0.4 is 4.72 Å². The predicted molar refractivity (Wildman–Crippen MR) is 114 cm³/mol. The summed E-state index contributed by atoms with van der Waals surface area (Å²) in [7, 11) is 1.93. The van der Waals surface area contributed by atoms with Crippen molar-refractivity contribution in [3.63, 3.8) is 0 Å². The van der Waals surface area contributed by atoms with E-state index in [0.717, 1.165) is 14.9 Å². The Bertz CT molecular complexity index is 1070. The Morgan fingerprint density at radius 3 is 2.89 bits per heavy atom. The van der Waals surface area contributed by atoms with Gasteiger partial charge in [-0.3, -0.25) is 0 Å². The number of rotatable bonds is 6. The maximum atomic E-state index is 12.7. The second-order valence-electron chi connectivity index (χ2n) is 5.85. The summed E-state index contributed by atoms with van der Waals surface area (Å²) < 4.78 is 19.3. The lowest BCUT2D eigenvalue weighted by atomic mass is 10.1. The average molecular weight is 434 g/mol. The summed E-state index contributed by atoms with van der Waals surface area (Å²) in [5.74, 6) is 0. The number of thiophene rings is 1. The molecule has 0 saturated carbocycles. The molecule has 1 unspecified atom stereocenters. The maximum Gasteiger partial charge on any atom is 0.230 e. The van der Waals surface area contributed by atoms with Gasteiger partial charge in [0.1, 0.15) is 0 Å². The van der Waals surface area contributed by atoms with Crippen molar-refractivity contribution >= 4 is 56.8 Å². The summed E-state index contributed by atoms with van der Waals surface area (Å²) in [5, 5.41) is 3.79. The second kappa shape index (κ2) is 8.26. The van der Waals surface area contributed by atoms with Crippen molar-refractivity contribution in [3.05, 3.63) is 71.5 Å². The van der Waals surface area contributed by atoms with Crippen LogP contribution in [-0.4, -0.2) is 14.1 Å². The molecular weight excluding hydrogens is 418 g/mol. The number of hydrogen-bond donors (Lipinski definition) is 1. The van der Waals surface area contributed by atoms with Crippen LogP contribution in [0.5, 0.6) is 0 Å². The molecule has 1 N–H and O–H groups in total. The molecule has 1 atom stereocenters. The van der Waals surface area contributed by atoms with Gasteiger partial charge in [0.25, 0.3) is 0 Å². The van der Waals surface area contributed by atoms with E-state index in [0.29, 0.717) is 15.8 Å². The topological polar surface area (TPSA) is 52.9 Å². The first kappa shape index (κ1) is 18.9. The van der Waals surface area contributed by atoms with E-state index in [1.165, 1.54) is 33.9 Å². The minimum Gasteiger partial charge on any atom is -0.592 e. The summed E-state index contributed by atoms with van der Waals surface area (Å²) in [6.07, 6.45) is 3.63. The number of hydrogen-bond acceptors (Lipinski definition) is 5. The molecule has 2 aromatic carbocycles. The van der Waals surface area contributed by atoms with E-state index in [4.69, 9.17) is 11.6 Å². The Kier molecular flexibility index (Phi) is 5.77. The molecule has 8 heteroatoms. The number of nitrogens with one attached hydrogen (secondary N) is 1. The summed E-state index contributed by atoms with van der Waals surface area (Å²) in [6.45, 7) is 0.519. The van der Waals surface area contributed by atoms with Gasteiger partial charge in [0, 0.05) is 25.5 Å². The fourth-order valence-corrected chi connectivity index (χ4v) is 6.51. The highest BCUT2D eigenvalue weighted by molar-refractivity contribution is 8.01. The molecule has 138 valence electrons. The van der Waals surface area contributed by atoms with Gasteiger partial charge in [-0.1, -0.05) is 65.4 Å². The molecule has 0 saturated heterocycles. The highest BCUT2D eigenvalue weighted by Crippen LogP contribution is 2.40. The molecule has 0 aliphatic rings. The van der Waals surface area contributed by atoms with Crippen molar-refractivity contribution in [2.75, 3.05) is 0 Å². The molecule has 2 aromatic heterocycles. The Hall–Kier alpha value is -1.48. The van der Waals surface area contributed by atoms with Gasteiger partial charge in [0.15, 0.2) is 5.16 Å². The normalized spacial score (nSPS) is 12.6. The molecule has 4 rings (SSSR count). The zero-order valence-electron chi connectivity index (χ0n) is 14.4. The second-order valence-corrected chi connectivity index (χ2v) is 10.1. The standard InChI is InChI=1S/C19H16ClN3OS3/c1-23-10-9-21-19(23)26-18-16(20)11-17(25-18)27(24)22-12-14-7-4-6-13-5-2-3-8-15(13)14/h2-11,22H,12H2,1H3. The molecule has 0 spiro atoms. The Labute approximate surface area is 173 Å². The Balaban J connectivity index is 1.48. The first-order valence-electron chi connectivity index (χ1n) is 8.18. The van der Waals surface area contributed by atoms with Crippen LogP contribution in [0.3, 0.4) is 0 Å². The molecule has 0 fully saturated rings. The number of aryl methyl sites for hydroxylation is 1. The molecule has 4 aromatic rings. The zero-order chi connectivity index (χ0) is 18.8. The van der Waals surface area contributed by atoms with Gasteiger partial charge < -0.3 is 9.12 Å². The Morgan fingerprint density at radius 1 is 1.26 bits per heavy atom. The van der Waals surface area contributed by atoms with Crippen molar-refractivity contribution in [1.29, 1.82) is 0 Å². The zero-order valence-corrected chi connectivity index (χ0v) is 17.6. The third-order valence-electron chi connectivity index (χ3n) is 4.05. The van der Waals surface area contributed by atoms with Gasteiger partial charge in [0.05, 0.1) is 27.1 Å². The fraction of sp³-hybridized carbons (Fsp3) is 0.105. The largest absolute Gasteiger partial charge is 0.592 e. The average Bonchev–Trinajstić information content (AvgIpc) is 3.26. The number of aromatic nitrogens is 2. The maximum absolute atomic E-state index is 12.7. The highest BCUT2D eigenvalue weighted by Gasteiger charge is 2.20. The van der Waals surface area contributed by atoms with Crippen molar-refractivity contribution in [3.8, 4) is 0 Å². The molecule has 0 radical (unpaired) electrons. The molecular formula is C19H16ClN3OS3. The van der Waals surface area contributed by atoms with Gasteiger partial charge in [-0.15, -0.1) is 4.72 Å². The molecule has 4 nitrogen and oxygen atoms in total. The molecule has 0 bridgehead atoms. The van der Waals surface area contributed by atoms with Gasteiger partial charge >= 0.3 is 0 Å². The summed E-state index contributed by atoms with van der Waals surface area (Å²) >= 11 is 7.92. The lowest BCUT2D eigenvalue weighted by molar-refractivity contribution is 0.582. The first-order chi connectivity index (χ1) is 13.1. The number of benzene rings is 2. The van der Waals surface area contributed by atoms with Crippen LogP contribution >= 0.6 is 34.7 Å². The van der Waals surface area contributed by atoms with Crippen LogP contribution in [0.2, 0.25) is 5.02 Å². The van der Waals surface area contributed by atoms with Crippen molar-refractivity contribution in [2.45, 2.75) is 20.1 Å². The summed E-state index contributed by atoms with van der Waals surface area (Å²) in [5.41, 5.74) is 1.12. The number of halogens is 1. The number of nitrogens with zero attached hydrogens (tertiary/aromatic N) is 2. The SMILES string of the molecule is Cn1ccnc1Sc1sc([S+]([O-])NCc2cccc3ccccc23)cc1Cl. The van der Waals surface area contributed by atoms with Crippen LogP contribution in [0, 0.1) is 0 Å². The number of fused-ring (bicyclic) bond motifs is 1. The van der Waals surface area contributed by atoms with E-state index < -0.39 is 11.4 Å².